The van der Waals surface area contributed by atoms with Crippen molar-refractivity contribution in [1.29, 1.82) is 0 Å². The first-order chi connectivity index (χ1) is 6.68. The first kappa shape index (κ1) is 10.0. The Kier molecular flexibility index (Phi) is 2.81. The normalized spacial score (nSPS) is 10.4. The third-order valence-electron chi connectivity index (χ3n) is 1.83. The van der Waals surface area contributed by atoms with E-state index in [-0.39, 0.29) is 5.75 Å². The summed E-state index contributed by atoms with van der Waals surface area (Å²) >= 11 is 10.9. The number of hydrogen-bond acceptors (Lipinski definition) is 2. The van der Waals surface area contributed by atoms with Crippen LogP contribution in [-0.4, -0.2) is 5.11 Å². The topological polar surface area (TPSA) is 20.2 Å². The highest BCUT2D eigenvalue weighted by molar-refractivity contribution is 9.10. The lowest BCUT2D eigenvalue weighted by Crippen LogP contribution is -1.74. The zero-order valence-electron chi connectivity index (χ0n) is 7.00. The number of aromatic hydroxyl groups is 1. The first-order valence-corrected chi connectivity index (χ1v) is 5.95. The Hall–Kier alpha value is -0.510. The zero-order valence-corrected chi connectivity index (χ0v) is 10.2. The number of phenolic OH excluding ortho intramolecular Hbond substituents is 1. The second-order valence-corrected chi connectivity index (χ2v) is 4.94. The first-order valence-electron chi connectivity index (χ1n) is 3.90. The van der Waals surface area contributed by atoms with E-state index in [1.165, 1.54) is 0 Å². The van der Waals surface area contributed by atoms with Gasteiger partial charge in [0.2, 0.25) is 0 Å². The summed E-state index contributed by atoms with van der Waals surface area (Å²) in [5.41, 5.74) is 1.01. The molecule has 1 aromatic heterocycles. The zero-order chi connectivity index (χ0) is 10.1. The second-order valence-electron chi connectivity index (χ2n) is 2.76. The van der Waals surface area contributed by atoms with Crippen molar-refractivity contribution in [3.05, 3.63) is 39.1 Å². The molecule has 1 nitrogen and oxygen atoms in total. The maximum atomic E-state index is 9.27. The van der Waals surface area contributed by atoms with Crippen LogP contribution < -0.4 is 0 Å². The molecule has 0 saturated carbocycles. The summed E-state index contributed by atoms with van der Waals surface area (Å²) in [6.45, 7) is 0. The van der Waals surface area contributed by atoms with Gasteiger partial charge in [0.15, 0.2) is 0 Å². The molecule has 0 saturated heterocycles. The van der Waals surface area contributed by atoms with Gasteiger partial charge in [-0.2, -0.15) is 0 Å². The maximum absolute atomic E-state index is 9.27. The summed E-state index contributed by atoms with van der Waals surface area (Å²) in [5, 5.41) is 11.6. The van der Waals surface area contributed by atoms with Gasteiger partial charge in [0, 0.05) is 9.35 Å². The van der Waals surface area contributed by atoms with Gasteiger partial charge in [-0.25, -0.2) is 0 Å². The van der Waals surface area contributed by atoms with Crippen LogP contribution in [0.25, 0.3) is 10.4 Å². The van der Waals surface area contributed by atoms with Crippen molar-refractivity contribution in [2.45, 2.75) is 0 Å². The molecule has 1 N–H and O–H groups in total. The van der Waals surface area contributed by atoms with E-state index in [2.05, 4.69) is 15.9 Å². The molecule has 0 atom stereocenters. The van der Waals surface area contributed by atoms with Crippen molar-refractivity contribution in [3.63, 3.8) is 0 Å². The van der Waals surface area contributed by atoms with Gasteiger partial charge in [0.1, 0.15) is 5.75 Å². The molecule has 0 radical (unpaired) electrons. The number of phenols is 1. The van der Waals surface area contributed by atoms with Gasteiger partial charge in [-0.1, -0.05) is 11.6 Å². The van der Waals surface area contributed by atoms with Crippen LogP contribution in [-0.2, 0) is 0 Å². The van der Waals surface area contributed by atoms with Crippen LogP contribution in [0.2, 0.25) is 5.02 Å². The summed E-state index contributed by atoms with van der Waals surface area (Å²) < 4.78 is 1.05. The fourth-order valence-corrected chi connectivity index (χ4v) is 2.93. The molecule has 0 aliphatic carbocycles. The van der Waals surface area contributed by atoms with Crippen molar-refractivity contribution in [2.75, 3.05) is 0 Å². The summed E-state index contributed by atoms with van der Waals surface area (Å²) in [7, 11) is 0. The Morgan fingerprint density at radius 3 is 2.64 bits per heavy atom. The summed E-state index contributed by atoms with van der Waals surface area (Å²) in [5.74, 6) is 0.114. The minimum Gasteiger partial charge on any atom is -0.506 e. The van der Waals surface area contributed by atoms with Crippen LogP contribution in [0.4, 0.5) is 0 Å². The highest BCUT2D eigenvalue weighted by Crippen LogP contribution is 2.36. The molecule has 0 aliphatic heterocycles. The van der Waals surface area contributed by atoms with Crippen LogP contribution >= 0.6 is 38.9 Å². The number of benzene rings is 1. The number of halogens is 2. The molecular formula is C10H6BrClOS. The van der Waals surface area contributed by atoms with Crippen LogP contribution in [0, 0.1) is 0 Å². The Bertz CT molecular complexity index is 467. The molecule has 2 aromatic rings. The fourth-order valence-electron chi connectivity index (χ4n) is 1.15. The van der Waals surface area contributed by atoms with Crippen molar-refractivity contribution in [3.8, 4) is 16.2 Å². The number of hydrogen-bond donors (Lipinski definition) is 1. The molecule has 72 valence electrons. The van der Waals surface area contributed by atoms with Gasteiger partial charge in [-0.05, 0) is 51.1 Å². The molecule has 0 unspecified atom stereocenters. The highest BCUT2D eigenvalue weighted by Gasteiger charge is 2.06. The van der Waals surface area contributed by atoms with Crippen LogP contribution in [0.3, 0.4) is 0 Å². The van der Waals surface area contributed by atoms with Crippen molar-refractivity contribution in [1.82, 2.24) is 0 Å². The monoisotopic (exact) mass is 288 g/mol. The molecule has 0 spiro atoms. The Balaban J connectivity index is 2.53. The molecule has 1 heterocycles. The lowest BCUT2D eigenvalue weighted by atomic mass is 10.2. The van der Waals surface area contributed by atoms with Gasteiger partial charge in [0.25, 0.3) is 0 Å². The molecule has 0 amide bonds. The minimum absolute atomic E-state index is 0.114. The van der Waals surface area contributed by atoms with E-state index in [9.17, 15) is 5.11 Å². The summed E-state index contributed by atoms with van der Waals surface area (Å²) in [6.07, 6.45) is 0. The molecule has 14 heavy (non-hydrogen) atoms. The van der Waals surface area contributed by atoms with E-state index in [4.69, 9.17) is 11.6 Å². The average Bonchev–Trinajstić information content (AvgIpc) is 2.57. The second kappa shape index (κ2) is 3.93. The van der Waals surface area contributed by atoms with Gasteiger partial charge >= 0.3 is 0 Å². The molecule has 0 fully saturated rings. The quantitative estimate of drug-likeness (QED) is 0.817. The van der Waals surface area contributed by atoms with Crippen LogP contribution in [0.1, 0.15) is 0 Å². The van der Waals surface area contributed by atoms with Gasteiger partial charge in [-0.3, -0.25) is 0 Å². The summed E-state index contributed by atoms with van der Waals surface area (Å²) in [6, 6.07) is 7.19. The van der Waals surface area contributed by atoms with E-state index >= 15 is 0 Å². The average molecular weight is 290 g/mol. The molecule has 2 rings (SSSR count). The van der Waals surface area contributed by atoms with Crippen LogP contribution in [0.15, 0.2) is 34.1 Å². The van der Waals surface area contributed by atoms with E-state index in [1.807, 2.05) is 17.5 Å². The smallest absolute Gasteiger partial charge is 0.134 e. The van der Waals surface area contributed by atoms with Crippen molar-refractivity contribution in [2.24, 2.45) is 0 Å². The predicted octanol–water partition coefficient (Wildman–Crippen LogP) is 4.54. The Morgan fingerprint density at radius 2 is 2.07 bits per heavy atom. The minimum atomic E-state index is 0.114. The van der Waals surface area contributed by atoms with E-state index in [0.717, 1.165) is 14.9 Å². The standard InChI is InChI=1S/C10H6BrClOS/c11-7-3-4-14-10(7)6-1-2-9(13)8(12)5-6/h1-5,13H. The predicted molar refractivity (Wildman–Crippen MR) is 64.1 cm³/mol. The van der Waals surface area contributed by atoms with Gasteiger partial charge in [-0.15, -0.1) is 11.3 Å². The Labute approximate surface area is 99.1 Å². The number of thiophene rings is 1. The Morgan fingerprint density at radius 1 is 1.29 bits per heavy atom. The van der Waals surface area contributed by atoms with Crippen molar-refractivity contribution >= 4 is 38.9 Å². The highest BCUT2D eigenvalue weighted by atomic mass is 79.9. The van der Waals surface area contributed by atoms with E-state index < -0.39 is 0 Å². The molecule has 0 bridgehead atoms. The van der Waals surface area contributed by atoms with Gasteiger partial charge < -0.3 is 5.11 Å². The molecule has 1 aromatic carbocycles. The van der Waals surface area contributed by atoms with Crippen molar-refractivity contribution < 1.29 is 5.11 Å². The van der Waals surface area contributed by atoms with E-state index in [0.29, 0.717) is 5.02 Å². The maximum Gasteiger partial charge on any atom is 0.134 e. The lowest BCUT2D eigenvalue weighted by molar-refractivity contribution is 0.475. The number of rotatable bonds is 1. The third-order valence-corrected chi connectivity index (χ3v) is 4.02. The molecule has 4 heteroatoms. The molecular weight excluding hydrogens is 284 g/mol. The molecule has 0 aliphatic rings. The van der Waals surface area contributed by atoms with Crippen LogP contribution in [0.5, 0.6) is 5.75 Å². The largest absolute Gasteiger partial charge is 0.506 e. The summed E-state index contributed by atoms with van der Waals surface area (Å²) in [4.78, 5) is 1.12. The van der Waals surface area contributed by atoms with Gasteiger partial charge in [0.05, 0.1) is 5.02 Å². The fraction of sp³-hybridized carbons (Fsp3) is 0. The SMILES string of the molecule is Oc1ccc(-c2sccc2Br)cc1Cl. The van der Waals surface area contributed by atoms with E-state index in [1.54, 1.807) is 23.5 Å². The lowest BCUT2D eigenvalue weighted by Gasteiger charge is -2.01. The third kappa shape index (κ3) is 1.80.